The highest BCUT2D eigenvalue weighted by molar-refractivity contribution is 9.10. The van der Waals surface area contributed by atoms with Gasteiger partial charge in [0.1, 0.15) is 11.3 Å². The number of nitrogens with zero attached hydrogens (tertiary/aromatic N) is 1. The number of benzene rings is 2. The fourth-order valence-electron chi connectivity index (χ4n) is 4.41. The minimum atomic E-state index is -0.516. The Balaban J connectivity index is 1.68. The van der Waals surface area contributed by atoms with E-state index in [0.717, 1.165) is 28.6 Å². The number of carbonyl (C=O) groups excluding carboxylic acids is 1. The highest BCUT2D eigenvalue weighted by Gasteiger charge is 2.42. The molecule has 3 aromatic rings. The van der Waals surface area contributed by atoms with E-state index in [9.17, 15) is 9.59 Å². The van der Waals surface area contributed by atoms with E-state index in [2.05, 4.69) is 22.9 Å². The SMILES string of the molecule is CCCCCCOc1ccc(C2c3c(oc4ccc(Br)cc4c3=O)C(=O)N2CCCOC)cc1. The molecule has 0 spiro atoms. The lowest BCUT2D eigenvalue weighted by Crippen LogP contribution is -2.31. The minimum Gasteiger partial charge on any atom is -0.494 e. The first-order valence-corrected chi connectivity index (χ1v) is 12.6. The summed E-state index contributed by atoms with van der Waals surface area (Å²) in [6, 6.07) is 12.4. The fourth-order valence-corrected chi connectivity index (χ4v) is 4.78. The molecule has 0 bridgehead atoms. The van der Waals surface area contributed by atoms with E-state index in [-0.39, 0.29) is 17.1 Å². The molecule has 4 rings (SSSR count). The van der Waals surface area contributed by atoms with Crippen LogP contribution in [0.15, 0.2) is 56.1 Å². The van der Waals surface area contributed by atoms with E-state index in [1.165, 1.54) is 12.8 Å². The Labute approximate surface area is 208 Å². The third kappa shape index (κ3) is 5.05. The molecule has 1 unspecified atom stereocenters. The van der Waals surface area contributed by atoms with Crippen molar-refractivity contribution in [1.82, 2.24) is 4.90 Å². The van der Waals surface area contributed by atoms with Crippen LogP contribution in [0.4, 0.5) is 0 Å². The van der Waals surface area contributed by atoms with Crippen molar-refractivity contribution in [3.05, 3.63) is 74.0 Å². The fraction of sp³-hybridized carbons (Fsp3) is 0.407. The zero-order valence-electron chi connectivity index (χ0n) is 19.6. The summed E-state index contributed by atoms with van der Waals surface area (Å²) in [7, 11) is 1.63. The van der Waals surface area contributed by atoms with Gasteiger partial charge in [-0.2, -0.15) is 0 Å². The van der Waals surface area contributed by atoms with Crippen LogP contribution in [0.25, 0.3) is 11.0 Å². The Morgan fingerprint density at radius 3 is 2.53 bits per heavy atom. The molecule has 1 atom stereocenters. The zero-order chi connectivity index (χ0) is 24.1. The molecule has 180 valence electrons. The predicted molar refractivity (Wildman–Crippen MR) is 136 cm³/mol. The molecule has 1 aliphatic rings. The lowest BCUT2D eigenvalue weighted by Gasteiger charge is -2.25. The van der Waals surface area contributed by atoms with E-state index in [0.29, 0.717) is 42.7 Å². The van der Waals surface area contributed by atoms with Gasteiger partial charge >= 0.3 is 0 Å². The van der Waals surface area contributed by atoms with Crippen LogP contribution in [0.2, 0.25) is 0 Å². The third-order valence-corrected chi connectivity index (χ3v) is 6.63. The van der Waals surface area contributed by atoms with Gasteiger partial charge in [-0.1, -0.05) is 54.2 Å². The molecule has 2 heterocycles. The number of ether oxygens (including phenoxy) is 2. The maximum Gasteiger partial charge on any atom is 0.290 e. The Morgan fingerprint density at radius 1 is 1.00 bits per heavy atom. The average Bonchev–Trinajstić information content (AvgIpc) is 3.12. The Morgan fingerprint density at radius 2 is 1.79 bits per heavy atom. The second-order valence-electron chi connectivity index (χ2n) is 8.54. The van der Waals surface area contributed by atoms with Crippen molar-refractivity contribution in [2.24, 2.45) is 0 Å². The molecule has 0 fully saturated rings. The Bertz CT molecular complexity index is 1200. The summed E-state index contributed by atoms with van der Waals surface area (Å²) in [5, 5.41) is 0.455. The third-order valence-electron chi connectivity index (χ3n) is 6.14. The number of methoxy groups -OCH3 is 1. The molecular weight excluding hydrogens is 498 g/mol. The molecule has 1 aromatic heterocycles. The summed E-state index contributed by atoms with van der Waals surface area (Å²) in [6.07, 6.45) is 5.25. The van der Waals surface area contributed by atoms with Gasteiger partial charge in [-0.05, 0) is 48.7 Å². The van der Waals surface area contributed by atoms with Gasteiger partial charge in [-0.3, -0.25) is 9.59 Å². The van der Waals surface area contributed by atoms with Crippen molar-refractivity contribution in [2.75, 3.05) is 26.9 Å². The number of carbonyl (C=O) groups is 1. The molecule has 6 nitrogen and oxygen atoms in total. The normalized spacial score (nSPS) is 15.2. The monoisotopic (exact) mass is 527 g/mol. The van der Waals surface area contributed by atoms with Gasteiger partial charge in [0.2, 0.25) is 5.76 Å². The van der Waals surface area contributed by atoms with Gasteiger partial charge in [0.25, 0.3) is 5.91 Å². The van der Waals surface area contributed by atoms with Crippen LogP contribution in [0, 0.1) is 0 Å². The Kier molecular flexibility index (Phi) is 8.06. The summed E-state index contributed by atoms with van der Waals surface area (Å²) < 4.78 is 17.8. The molecule has 1 aliphatic heterocycles. The highest BCUT2D eigenvalue weighted by Crippen LogP contribution is 2.39. The van der Waals surface area contributed by atoms with Crippen LogP contribution in [0.5, 0.6) is 5.75 Å². The van der Waals surface area contributed by atoms with Gasteiger partial charge in [-0.15, -0.1) is 0 Å². The van der Waals surface area contributed by atoms with Crippen molar-refractivity contribution in [3.8, 4) is 5.75 Å². The molecule has 2 aromatic carbocycles. The van der Waals surface area contributed by atoms with E-state index in [1.807, 2.05) is 24.3 Å². The van der Waals surface area contributed by atoms with Crippen LogP contribution in [0.1, 0.15) is 66.8 Å². The van der Waals surface area contributed by atoms with Gasteiger partial charge in [0.15, 0.2) is 5.43 Å². The largest absolute Gasteiger partial charge is 0.494 e. The number of hydrogen-bond donors (Lipinski definition) is 0. The van der Waals surface area contributed by atoms with Gasteiger partial charge in [-0.25, -0.2) is 0 Å². The van der Waals surface area contributed by atoms with E-state index >= 15 is 0 Å². The average molecular weight is 528 g/mol. The second-order valence-corrected chi connectivity index (χ2v) is 9.46. The highest BCUT2D eigenvalue weighted by atomic mass is 79.9. The lowest BCUT2D eigenvalue weighted by molar-refractivity contribution is 0.0708. The van der Waals surface area contributed by atoms with Crippen LogP contribution in [0.3, 0.4) is 0 Å². The first kappa shape index (κ1) is 24.5. The van der Waals surface area contributed by atoms with Gasteiger partial charge < -0.3 is 18.8 Å². The number of unbranched alkanes of at least 4 members (excludes halogenated alkanes) is 3. The summed E-state index contributed by atoms with van der Waals surface area (Å²) >= 11 is 3.43. The molecule has 0 aliphatic carbocycles. The molecule has 0 radical (unpaired) electrons. The summed E-state index contributed by atoms with van der Waals surface area (Å²) in [5.41, 5.74) is 1.47. The van der Waals surface area contributed by atoms with Crippen LogP contribution in [-0.2, 0) is 4.74 Å². The first-order chi connectivity index (χ1) is 16.5. The maximum absolute atomic E-state index is 13.6. The molecular formula is C27H30BrNO5. The zero-order valence-corrected chi connectivity index (χ0v) is 21.2. The second kappa shape index (κ2) is 11.2. The van der Waals surface area contributed by atoms with E-state index in [4.69, 9.17) is 13.9 Å². The summed E-state index contributed by atoms with van der Waals surface area (Å²) in [6.45, 7) is 3.84. The first-order valence-electron chi connectivity index (χ1n) is 11.8. The van der Waals surface area contributed by atoms with Crippen molar-refractivity contribution in [2.45, 2.75) is 45.1 Å². The van der Waals surface area contributed by atoms with Crippen LogP contribution >= 0.6 is 15.9 Å². The van der Waals surface area contributed by atoms with E-state index < -0.39 is 6.04 Å². The number of rotatable bonds is 11. The molecule has 0 saturated carbocycles. The smallest absolute Gasteiger partial charge is 0.290 e. The summed E-state index contributed by atoms with van der Waals surface area (Å²) in [5.74, 6) is 0.637. The van der Waals surface area contributed by atoms with Crippen molar-refractivity contribution < 1.29 is 18.7 Å². The van der Waals surface area contributed by atoms with E-state index in [1.54, 1.807) is 30.2 Å². The van der Waals surface area contributed by atoms with Crippen LogP contribution < -0.4 is 10.2 Å². The van der Waals surface area contributed by atoms with Crippen molar-refractivity contribution in [1.29, 1.82) is 0 Å². The summed E-state index contributed by atoms with van der Waals surface area (Å²) in [4.78, 5) is 28.6. The topological polar surface area (TPSA) is 69.0 Å². The quantitative estimate of drug-likeness (QED) is 0.282. The van der Waals surface area contributed by atoms with Gasteiger partial charge in [0, 0.05) is 24.7 Å². The standard InChI is InChI=1S/C27H30BrNO5/c1-3-4-5-6-16-33-20-11-8-18(9-12-20)24-23-25(30)21-17-19(28)10-13-22(21)34-26(23)27(31)29(24)14-7-15-32-2/h8-13,17,24H,3-7,14-16H2,1-2H3. The molecule has 0 N–H and O–H groups in total. The van der Waals surface area contributed by atoms with Crippen LogP contribution in [-0.4, -0.2) is 37.7 Å². The van der Waals surface area contributed by atoms with Crippen molar-refractivity contribution in [3.63, 3.8) is 0 Å². The number of halogens is 1. The maximum atomic E-state index is 13.6. The van der Waals surface area contributed by atoms with Gasteiger partial charge in [0.05, 0.1) is 23.6 Å². The predicted octanol–water partition coefficient (Wildman–Crippen LogP) is 6.10. The number of fused-ring (bicyclic) bond motifs is 2. The number of amides is 1. The Hall–Kier alpha value is -2.64. The number of hydrogen-bond acceptors (Lipinski definition) is 5. The molecule has 7 heteroatoms. The lowest BCUT2D eigenvalue weighted by atomic mass is 9.98. The molecule has 34 heavy (non-hydrogen) atoms. The minimum absolute atomic E-state index is 0.124. The molecule has 1 amide bonds. The molecule has 0 saturated heterocycles. The van der Waals surface area contributed by atoms with Crippen molar-refractivity contribution >= 4 is 32.8 Å².